The van der Waals surface area contributed by atoms with Gasteiger partial charge >= 0.3 is 12.1 Å². The second-order valence-corrected chi connectivity index (χ2v) is 7.94. The lowest BCUT2D eigenvalue weighted by atomic mass is 9.98. The number of carboxylic acids is 1. The largest absolute Gasteiger partial charge is 0.480 e. The summed E-state index contributed by atoms with van der Waals surface area (Å²) in [4.78, 5) is 23.6. The molecule has 2 aromatic rings. The second kappa shape index (κ2) is 9.64. The van der Waals surface area contributed by atoms with E-state index in [1.807, 2.05) is 36.4 Å². The van der Waals surface area contributed by atoms with Crippen LogP contribution in [-0.4, -0.2) is 41.3 Å². The molecule has 0 heterocycles. The van der Waals surface area contributed by atoms with E-state index in [2.05, 4.69) is 24.4 Å². The van der Waals surface area contributed by atoms with Gasteiger partial charge in [0.2, 0.25) is 0 Å². The molecule has 28 heavy (non-hydrogen) atoms. The Labute approximate surface area is 169 Å². The Morgan fingerprint density at radius 2 is 1.71 bits per heavy atom. The minimum atomic E-state index is -1.04. The van der Waals surface area contributed by atoms with Crippen molar-refractivity contribution in [3.05, 3.63) is 59.7 Å². The predicted molar refractivity (Wildman–Crippen MR) is 112 cm³/mol. The number of alkyl carbamates (subject to hydrolysis) is 1. The fourth-order valence-electron chi connectivity index (χ4n) is 3.40. The van der Waals surface area contributed by atoms with Crippen LogP contribution in [0.25, 0.3) is 11.1 Å². The van der Waals surface area contributed by atoms with Gasteiger partial charge in [0.05, 0.1) is 0 Å². The van der Waals surface area contributed by atoms with Crippen molar-refractivity contribution in [2.24, 2.45) is 0 Å². The molecular formula is C22H25NO4S. The number of rotatable bonds is 9. The normalized spacial score (nSPS) is 13.5. The highest BCUT2D eigenvalue weighted by Gasteiger charge is 2.29. The van der Waals surface area contributed by atoms with E-state index < -0.39 is 18.1 Å². The quantitative estimate of drug-likeness (QED) is 0.607. The number of carbonyl (C=O) groups is 2. The number of benzene rings is 2. The van der Waals surface area contributed by atoms with Crippen LogP contribution in [0.4, 0.5) is 4.79 Å². The molecule has 0 bridgehead atoms. The van der Waals surface area contributed by atoms with Crippen molar-refractivity contribution in [2.45, 2.75) is 31.7 Å². The highest BCUT2D eigenvalue weighted by molar-refractivity contribution is 7.99. The van der Waals surface area contributed by atoms with E-state index in [0.717, 1.165) is 40.8 Å². The summed E-state index contributed by atoms with van der Waals surface area (Å²) in [6, 6.07) is 15.2. The average molecular weight is 400 g/mol. The lowest BCUT2D eigenvalue weighted by Gasteiger charge is -2.17. The molecule has 6 heteroatoms. The molecule has 1 aliphatic rings. The smallest absolute Gasteiger partial charge is 0.407 e. The highest BCUT2D eigenvalue weighted by atomic mass is 32.2. The number of hydrogen-bond donors (Lipinski definition) is 2. The predicted octanol–water partition coefficient (Wildman–Crippen LogP) is 4.51. The molecule has 0 radical (unpaired) electrons. The number of fused-ring (bicyclic) bond motifs is 3. The van der Waals surface area contributed by atoms with Crippen molar-refractivity contribution in [1.82, 2.24) is 5.32 Å². The number of carbonyl (C=O) groups excluding carboxylic acids is 1. The summed E-state index contributed by atoms with van der Waals surface area (Å²) < 4.78 is 5.43. The summed E-state index contributed by atoms with van der Waals surface area (Å²) in [7, 11) is 0. The molecule has 5 nitrogen and oxygen atoms in total. The van der Waals surface area contributed by atoms with Gasteiger partial charge in [0.15, 0.2) is 0 Å². The first-order valence-electron chi connectivity index (χ1n) is 9.54. The number of amides is 1. The minimum absolute atomic E-state index is 0.0413. The molecule has 0 saturated heterocycles. The maximum absolute atomic E-state index is 12.2. The number of aliphatic carboxylic acids is 1. The van der Waals surface area contributed by atoms with Gasteiger partial charge in [-0.15, -0.1) is 0 Å². The number of carboxylic acid groups (broad SMARTS) is 1. The van der Waals surface area contributed by atoms with E-state index in [9.17, 15) is 14.7 Å². The Kier molecular flexibility index (Phi) is 6.98. The number of nitrogens with one attached hydrogen (secondary N) is 1. The Balaban J connectivity index is 1.60. The molecule has 1 atom stereocenters. The lowest BCUT2D eigenvalue weighted by molar-refractivity contribution is -0.138. The first-order chi connectivity index (χ1) is 13.6. The van der Waals surface area contributed by atoms with Crippen LogP contribution in [0.3, 0.4) is 0 Å². The summed E-state index contributed by atoms with van der Waals surface area (Å²) in [5.41, 5.74) is 4.56. The van der Waals surface area contributed by atoms with Gasteiger partial charge in [-0.05, 0) is 34.4 Å². The number of thioether (sulfide) groups is 1. The van der Waals surface area contributed by atoms with Crippen molar-refractivity contribution in [1.29, 1.82) is 0 Å². The number of hydrogen-bond acceptors (Lipinski definition) is 4. The van der Waals surface area contributed by atoms with Gasteiger partial charge in [-0.25, -0.2) is 9.59 Å². The van der Waals surface area contributed by atoms with Gasteiger partial charge < -0.3 is 15.2 Å². The van der Waals surface area contributed by atoms with E-state index in [0.29, 0.717) is 5.75 Å². The van der Waals surface area contributed by atoms with Gasteiger partial charge in [-0.1, -0.05) is 61.9 Å². The Bertz CT molecular complexity index is 793. The van der Waals surface area contributed by atoms with Crippen molar-refractivity contribution in [3.63, 3.8) is 0 Å². The molecular weight excluding hydrogens is 374 g/mol. The topological polar surface area (TPSA) is 75.6 Å². The third-order valence-corrected chi connectivity index (χ3v) is 6.01. The van der Waals surface area contributed by atoms with E-state index >= 15 is 0 Å². The van der Waals surface area contributed by atoms with Crippen LogP contribution in [0.1, 0.15) is 36.8 Å². The maximum atomic E-state index is 12.2. The van der Waals surface area contributed by atoms with Crippen LogP contribution >= 0.6 is 11.8 Å². The molecule has 0 spiro atoms. The Morgan fingerprint density at radius 3 is 2.29 bits per heavy atom. The molecule has 148 valence electrons. The summed E-state index contributed by atoms with van der Waals surface area (Å²) in [5, 5.41) is 11.8. The van der Waals surface area contributed by atoms with Crippen LogP contribution in [0.15, 0.2) is 48.5 Å². The van der Waals surface area contributed by atoms with Crippen LogP contribution < -0.4 is 5.32 Å². The fraction of sp³-hybridized carbons (Fsp3) is 0.364. The molecule has 0 saturated carbocycles. The van der Waals surface area contributed by atoms with E-state index in [-0.39, 0.29) is 12.5 Å². The molecule has 1 amide bonds. The number of ether oxygens (including phenoxy) is 1. The summed E-state index contributed by atoms with van der Waals surface area (Å²) in [6.07, 6.45) is 1.40. The molecule has 0 aliphatic heterocycles. The van der Waals surface area contributed by atoms with Gasteiger partial charge in [0, 0.05) is 11.7 Å². The van der Waals surface area contributed by atoms with E-state index in [1.165, 1.54) is 11.8 Å². The second-order valence-electron chi connectivity index (χ2n) is 6.79. The molecule has 1 aliphatic carbocycles. The van der Waals surface area contributed by atoms with E-state index in [4.69, 9.17) is 4.74 Å². The van der Waals surface area contributed by atoms with E-state index in [1.54, 1.807) is 0 Å². The zero-order chi connectivity index (χ0) is 19.9. The Morgan fingerprint density at radius 1 is 1.11 bits per heavy atom. The first-order valence-corrected chi connectivity index (χ1v) is 10.7. The van der Waals surface area contributed by atoms with Crippen LogP contribution in [0.5, 0.6) is 0 Å². The summed E-state index contributed by atoms with van der Waals surface area (Å²) in [6.45, 7) is 2.26. The van der Waals surface area contributed by atoms with Gasteiger partial charge in [0.1, 0.15) is 12.6 Å². The highest BCUT2D eigenvalue weighted by Crippen LogP contribution is 2.44. The molecule has 3 rings (SSSR count). The molecule has 0 unspecified atom stereocenters. The fourth-order valence-corrected chi connectivity index (χ4v) is 4.53. The molecule has 2 aromatic carbocycles. The third-order valence-electron chi connectivity index (χ3n) is 4.86. The zero-order valence-corrected chi connectivity index (χ0v) is 16.7. The lowest BCUT2D eigenvalue weighted by Crippen LogP contribution is -2.43. The minimum Gasteiger partial charge on any atom is -0.480 e. The van der Waals surface area contributed by atoms with Crippen molar-refractivity contribution in [2.75, 3.05) is 18.1 Å². The summed E-state index contributed by atoms with van der Waals surface area (Å²) >= 11 is 1.53. The summed E-state index contributed by atoms with van der Waals surface area (Å²) in [5.74, 6) is 0.129. The van der Waals surface area contributed by atoms with Crippen LogP contribution in [0.2, 0.25) is 0 Å². The number of unbranched alkanes of at least 4 members (excludes halogenated alkanes) is 1. The van der Waals surface area contributed by atoms with Gasteiger partial charge in [0.25, 0.3) is 0 Å². The maximum Gasteiger partial charge on any atom is 0.407 e. The third kappa shape index (κ3) is 4.68. The Hall–Kier alpha value is -2.47. The standard InChI is InChI=1S/C22H25NO4S/c1-2-3-12-28-14-20(21(24)25)23-22(26)27-13-19-17-10-6-4-8-15(17)16-9-5-7-11-18(16)19/h4-11,19-20H,2-3,12-14H2,1H3,(H,23,26)(H,24,25)/t20-/m0/s1. The zero-order valence-electron chi connectivity index (χ0n) is 15.9. The first kappa shape index (κ1) is 20.3. The monoisotopic (exact) mass is 399 g/mol. The van der Waals surface area contributed by atoms with Gasteiger partial charge in [-0.3, -0.25) is 0 Å². The van der Waals surface area contributed by atoms with Crippen LogP contribution in [0, 0.1) is 0 Å². The van der Waals surface area contributed by atoms with Crippen molar-refractivity contribution < 1.29 is 19.4 Å². The SMILES string of the molecule is CCCCSC[C@H](NC(=O)OCC1c2ccccc2-c2ccccc21)C(=O)O. The van der Waals surface area contributed by atoms with Crippen molar-refractivity contribution in [3.8, 4) is 11.1 Å². The van der Waals surface area contributed by atoms with Gasteiger partial charge in [-0.2, -0.15) is 11.8 Å². The average Bonchev–Trinajstić information content (AvgIpc) is 3.02. The van der Waals surface area contributed by atoms with Crippen LogP contribution in [-0.2, 0) is 9.53 Å². The molecule has 0 aromatic heterocycles. The molecule has 2 N–H and O–H groups in total. The molecule has 0 fully saturated rings. The van der Waals surface area contributed by atoms with Crippen molar-refractivity contribution >= 4 is 23.8 Å².